The fraction of sp³-hybridized carbons (Fsp3) is 0.105. The third kappa shape index (κ3) is 3.56. The van der Waals surface area contributed by atoms with Crippen LogP contribution in [0.25, 0.3) is 11.3 Å². The van der Waals surface area contributed by atoms with Crippen molar-refractivity contribution in [3.63, 3.8) is 0 Å². The number of aromatic amines is 1. The molecule has 0 bridgehead atoms. The molecule has 0 amide bonds. The molecular weight excluding hydrogens is 330 g/mol. The minimum absolute atomic E-state index is 0.0708. The lowest BCUT2D eigenvalue weighted by atomic mass is 10.1. The maximum Gasteiger partial charge on any atom is 0.383 e. The van der Waals surface area contributed by atoms with E-state index >= 15 is 0 Å². The average Bonchev–Trinajstić information content (AvgIpc) is 3.12. The largest absolute Gasteiger partial charge is 0.398 e. The molecule has 0 saturated carbocycles. The second-order valence-corrected chi connectivity index (χ2v) is 5.91. The highest BCUT2D eigenvalue weighted by atomic mass is 16.7. The molecule has 7 heteroatoms. The number of aromatic nitrogens is 2. The Bertz CT molecular complexity index is 974. The van der Waals surface area contributed by atoms with E-state index in [1.807, 2.05) is 38.1 Å². The van der Waals surface area contributed by atoms with E-state index in [4.69, 9.17) is 16.3 Å². The van der Waals surface area contributed by atoms with Crippen LogP contribution in [0.15, 0.2) is 53.7 Å². The van der Waals surface area contributed by atoms with Crippen LogP contribution in [-0.2, 0) is 4.84 Å². The van der Waals surface area contributed by atoms with Crippen LogP contribution in [0, 0.1) is 13.8 Å². The summed E-state index contributed by atoms with van der Waals surface area (Å²) in [5.74, 6) is -0.609. The monoisotopic (exact) mass is 349 g/mol. The molecule has 7 nitrogen and oxygen atoms in total. The first-order chi connectivity index (χ1) is 12.5. The number of nitrogens with two attached hydrogens (primary N) is 2. The summed E-state index contributed by atoms with van der Waals surface area (Å²) in [6.07, 6.45) is 0. The molecule has 26 heavy (non-hydrogen) atoms. The molecule has 0 radical (unpaired) electrons. The van der Waals surface area contributed by atoms with E-state index in [9.17, 15) is 4.79 Å². The summed E-state index contributed by atoms with van der Waals surface area (Å²) in [6, 6.07) is 14.7. The Balaban J connectivity index is 1.74. The van der Waals surface area contributed by atoms with Crippen molar-refractivity contribution in [1.29, 1.82) is 0 Å². The Hall–Kier alpha value is -3.61. The normalized spacial score (nSPS) is 11.4. The molecule has 2 aromatic carbocycles. The first kappa shape index (κ1) is 17.2. The molecular formula is C19H19N5O2. The maximum atomic E-state index is 12.2. The van der Waals surface area contributed by atoms with Gasteiger partial charge >= 0.3 is 5.97 Å². The molecule has 1 aromatic heterocycles. The molecule has 3 rings (SSSR count). The van der Waals surface area contributed by atoms with Crippen molar-refractivity contribution in [2.45, 2.75) is 13.8 Å². The maximum absolute atomic E-state index is 12.2. The van der Waals surface area contributed by atoms with E-state index in [0.29, 0.717) is 16.9 Å². The Morgan fingerprint density at radius 2 is 1.88 bits per heavy atom. The molecule has 132 valence electrons. The Kier molecular flexibility index (Phi) is 4.70. The van der Waals surface area contributed by atoms with Gasteiger partial charge in [-0.15, -0.1) is 0 Å². The molecule has 3 aromatic rings. The van der Waals surface area contributed by atoms with Crippen LogP contribution in [-0.4, -0.2) is 22.0 Å². The van der Waals surface area contributed by atoms with Gasteiger partial charge in [-0.25, -0.2) is 4.79 Å². The fourth-order valence-corrected chi connectivity index (χ4v) is 2.42. The lowest BCUT2D eigenvalue weighted by Gasteiger charge is -2.06. The number of benzene rings is 2. The Labute approximate surface area is 150 Å². The Morgan fingerprint density at radius 3 is 2.62 bits per heavy atom. The van der Waals surface area contributed by atoms with Crippen molar-refractivity contribution < 1.29 is 9.63 Å². The van der Waals surface area contributed by atoms with Crippen LogP contribution >= 0.6 is 0 Å². The highest BCUT2D eigenvalue weighted by Crippen LogP contribution is 2.19. The molecule has 0 aliphatic rings. The number of nitrogens with one attached hydrogen (secondary N) is 1. The summed E-state index contributed by atoms with van der Waals surface area (Å²) >= 11 is 0. The lowest BCUT2D eigenvalue weighted by molar-refractivity contribution is 0.0509. The summed E-state index contributed by atoms with van der Waals surface area (Å²) in [7, 11) is 0. The van der Waals surface area contributed by atoms with Gasteiger partial charge < -0.3 is 16.3 Å². The zero-order valence-corrected chi connectivity index (χ0v) is 14.5. The second-order valence-electron chi connectivity index (χ2n) is 5.91. The van der Waals surface area contributed by atoms with Gasteiger partial charge in [-0.2, -0.15) is 5.10 Å². The zero-order valence-electron chi connectivity index (χ0n) is 14.5. The van der Waals surface area contributed by atoms with Gasteiger partial charge in [0, 0.05) is 16.8 Å². The summed E-state index contributed by atoms with van der Waals surface area (Å²) in [5.41, 5.74) is 16.6. The van der Waals surface area contributed by atoms with E-state index in [1.165, 1.54) is 0 Å². The van der Waals surface area contributed by atoms with E-state index in [2.05, 4.69) is 15.4 Å². The van der Waals surface area contributed by atoms with Gasteiger partial charge in [0.1, 0.15) is 5.69 Å². The van der Waals surface area contributed by atoms with Crippen LogP contribution in [0.1, 0.15) is 27.2 Å². The first-order valence-electron chi connectivity index (χ1n) is 7.98. The SMILES string of the molecule is Cc1ccc(-c2cc(C(=O)O/N=C(\N)c3cccc(N)c3C)[nH]n2)cc1. The zero-order chi connectivity index (χ0) is 18.7. The average molecular weight is 349 g/mol. The third-order valence-electron chi connectivity index (χ3n) is 4.02. The van der Waals surface area contributed by atoms with Crippen molar-refractivity contribution >= 4 is 17.5 Å². The highest BCUT2D eigenvalue weighted by molar-refractivity contribution is 6.00. The van der Waals surface area contributed by atoms with Crippen molar-refractivity contribution in [2.24, 2.45) is 10.9 Å². The molecule has 0 unspecified atom stereocenters. The highest BCUT2D eigenvalue weighted by Gasteiger charge is 2.14. The number of aryl methyl sites for hydroxylation is 1. The van der Waals surface area contributed by atoms with Gasteiger partial charge in [0.15, 0.2) is 5.84 Å². The smallest absolute Gasteiger partial charge is 0.383 e. The topological polar surface area (TPSA) is 119 Å². The van der Waals surface area contributed by atoms with E-state index in [0.717, 1.165) is 16.7 Å². The van der Waals surface area contributed by atoms with Crippen LogP contribution in [0.2, 0.25) is 0 Å². The van der Waals surface area contributed by atoms with Gasteiger partial charge in [-0.3, -0.25) is 5.10 Å². The van der Waals surface area contributed by atoms with Gasteiger partial charge in [0.2, 0.25) is 0 Å². The molecule has 1 heterocycles. The van der Waals surface area contributed by atoms with Gasteiger partial charge in [0.25, 0.3) is 0 Å². The van der Waals surface area contributed by atoms with Crippen molar-refractivity contribution in [1.82, 2.24) is 10.2 Å². The molecule has 0 saturated heterocycles. The van der Waals surface area contributed by atoms with E-state index in [1.54, 1.807) is 24.3 Å². The predicted octanol–water partition coefficient (Wildman–Crippen LogP) is 2.75. The quantitative estimate of drug-likeness (QED) is 0.220. The van der Waals surface area contributed by atoms with Gasteiger partial charge in [-0.05, 0) is 31.5 Å². The number of hydrogen-bond acceptors (Lipinski definition) is 5. The van der Waals surface area contributed by atoms with Crippen molar-refractivity contribution in [3.8, 4) is 11.3 Å². The molecule has 0 fully saturated rings. The van der Waals surface area contributed by atoms with E-state index in [-0.39, 0.29) is 11.5 Å². The molecule has 0 aliphatic carbocycles. The summed E-state index contributed by atoms with van der Waals surface area (Å²) in [4.78, 5) is 17.1. The molecule has 0 spiro atoms. The standard InChI is InChI=1S/C19H19N5O2/c1-11-6-8-13(9-7-11)16-10-17(23-22-16)19(25)26-24-18(21)14-4-3-5-15(20)12(14)2/h3-10H,20H2,1-2H3,(H2,21,24)(H,22,23). The number of H-pyrrole nitrogens is 1. The number of hydrogen-bond donors (Lipinski definition) is 3. The number of nitrogens with zero attached hydrogens (tertiary/aromatic N) is 2. The number of carbonyl (C=O) groups is 1. The number of nitrogen functional groups attached to an aromatic ring is 1. The van der Waals surface area contributed by atoms with Crippen LogP contribution in [0.3, 0.4) is 0 Å². The predicted molar refractivity (Wildman–Crippen MR) is 100 cm³/mol. The number of oxime groups is 1. The molecule has 0 atom stereocenters. The summed E-state index contributed by atoms with van der Waals surface area (Å²) in [5, 5.41) is 10.5. The van der Waals surface area contributed by atoms with Crippen LogP contribution < -0.4 is 11.5 Å². The summed E-state index contributed by atoms with van der Waals surface area (Å²) in [6.45, 7) is 3.82. The van der Waals surface area contributed by atoms with Crippen molar-refractivity contribution in [2.75, 3.05) is 5.73 Å². The second kappa shape index (κ2) is 7.10. The lowest BCUT2D eigenvalue weighted by Crippen LogP contribution is -2.17. The molecule has 5 N–H and O–H groups in total. The summed E-state index contributed by atoms with van der Waals surface area (Å²) < 4.78 is 0. The minimum Gasteiger partial charge on any atom is -0.398 e. The van der Waals surface area contributed by atoms with Gasteiger partial charge in [0.05, 0.1) is 5.69 Å². The first-order valence-corrected chi connectivity index (χ1v) is 7.98. The van der Waals surface area contributed by atoms with Crippen LogP contribution in [0.4, 0.5) is 5.69 Å². The third-order valence-corrected chi connectivity index (χ3v) is 4.02. The fourth-order valence-electron chi connectivity index (χ4n) is 2.42. The minimum atomic E-state index is -0.680. The number of anilines is 1. The Morgan fingerprint density at radius 1 is 1.15 bits per heavy atom. The van der Waals surface area contributed by atoms with Gasteiger partial charge in [-0.1, -0.05) is 47.1 Å². The number of rotatable bonds is 4. The number of carbonyl (C=O) groups excluding carboxylic acids is 1. The molecule has 0 aliphatic heterocycles. The van der Waals surface area contributed by atoms with Crippen molar-refractivity contribution in [3.05, 3.63) is 70.9 Å². The van der Waals surface area contributed by atoms with Crippen LogP contribution in [0.5, 0.6) is 0 Å². The number of amidine groups is 1. The van der Waals surface area contributed by atoms with E-state index < -0.39 is 5.97 Å².